The van der Waals surface area contributed by atoms with Crippen molar-refractivity contribution in [2.45, 2.75) is 6.42 Å². The van der Waals surface area contributed by atoms with Crippen molar-refractivity contribution in [1.29, 1.82) is 0 Å². The normalized spacial score (nSPS) is 17.5. The largest absolute Gasteiger partial charge is 0.345 e. The van der Waals surface area contributed by atoms with Crippen LogP contribution in [-0.2, 0) is 9.59 Å². The van der Waals surface area contributed by atoms with Crippen molar-refractivity contribution < 1.29 is 9.59 Å². The monoisotopic (exact) mass is 168 g/mol. The third-order valence-electron chi connectivity index (χ3n) is 1.73. The summed E-state index contributed by atoms with van der Waals surface area (Å²) in [6.07, 6.45) is 2.47. The second-order valence-electron chi connectivity index (χ2n) is 2.67. The Labute approximate surface area is 71.2 Å². The van der Waals surface area contributed by atoms with E-state index in [1.54, 1.807) is 11.0 Å². The molecule has 1 N–H and O–H groups in total. The van der Waals surface area contributed by atoms with Gasteiger partial charge in [-0.3, -0.25) is 9.59 Å². The van der Waals surface area contributed by atoms with E-state index < -0.39 is 0 Å². The fourth-order valence-corrected chi connectivity index (χ4v) is 1.05. The summed E-state index contributed by atoms with van der Waals surface area (Å²) in [4.78, 5) is 23.5. The van der Waals surface area contributed by atoms with Crippen molar-refractivity contribution >= 4 is 11.8 Å². The summed E-state index contributed by atoms with van der Waals surface area (Å²) in [6, 6.07) is 0. The molecular formula is C8H12N2O2. The summed E-state index contributed by atoms with van der Waals surface area (Å²) in [6.45, 7) is 4.47. The number of hydrogen-bond acceptors (Lipinski definition) is 2. The highest BCUT2D eigenvalue weighted by molar-refractivity contribution is 5.92. The van der Waals surface area contributed by atoms with Gasteiger partial charge in [-0.15, -0.1) is 6.58 Å². The molecule has 0 aromatic rings. The van der Waals surface area contributed by atoms with Crippen LogP contribution in [0.15, 0.2) is 12.7 Å². The molecule has 1 saturated heterocycles. The van der Waals surface area contributed by atoms with Gasteiger partial charge in [0.15, 0.2) is 0 Å². The summed E-state index contributed by atoms with van der Waals surface area (Å²) in [7, 11) is 0. The highest BCUT2D eigenvalue weighted by Gasteiger charge is 2.21. The molecule has 1 aliphatic rings. The molecular weight excluding hydrogens is 156 g/mol. The summed E-state index contributed by atoms with van der Waals surface area (Å²) in [5, 5.41) is 2.48. The predicted octanol–water partition coefficient (Wildman–Crippen LogP) is -0.479. The first-order valence-corrected chi connectivity index (χ1v) is 3.89. The number of hydrogen-bond donors (Lipinski definition) is 1. The Hall–Kier alpha value is -1.32. The summed E-state index contributed by atoms with van der Waals surface area (Å²) in [5.74, 6) is -0.102. The standard InChI is InChI=1S/C8H12N2O2/c1-2-3-4-10-6-7(11)9-5-8(10)12/h2H,1,3-6H2,(H,9,11). The Balaban J connectivity index is 2.43. The minimum atomic E-state index is -0.0846. The Morgan fingerprint density at radius 3 is 3.00 bits per heavy atom. The van der Waals surface area contributed by atoms with Crippen molar-refractivity contribution in [3.8, 4) is 0 Å². The van der Waals surface area contributed by atoms with Gasteiger partial charge in [0.1, 0.15) is 0 Å². The fraction of sp³-hybridized carbons (Fsp3) is 0.500. The quantitative estimate of drug-likeness (QED) is 0.579. The molecule has 1 heterocycles. The molecule has 0 unspecified atom stereocenters. The molecule has 4 heteroatoms. The molecule has 1 rings (SSSR count). The number of rotatable bonds is 3. The molecule has 0 saturated carbocycles. The molecule has 0 aliphatic carbocycles. The van der Waals surface area contributed by atoms with Crippen LogP contribution in [0.4, 0.5) is 0 Å². The third kappa shape index (κ3) is 2.08. The van der Waals surface area contributed by atoms with Crippen molar-refractivity contribution in [1.82, 2.24) is 10.2 Å². The predicted molar refractivity (Wildman–Crippen MR) is 44.4 cm³/mol. The Kier molecular flexibility index (Phi) is 2.85. The smallest absolute Gasteiger partial charge is 0.242 e. The lowest BCUT2D eigenvalue weighted by Gasteiger charge is -2.25. The first-order valence-electron chi connectivity index (χ1n) is 3.89. The van der Waals surface area contributed by atoms with E-state index in [1.165, 1.54) is 0 Å². The molecule has 12 heavy (non-hydrogen) atoms. The maximum Gasteiger partial charge on any atom is 0.242 e. The lowest BCUT2D eigenvalue weighted by atomic mass is 10.3. The van der Waals surface area contributed by atoms with Gasteiger partial charge < -0.3 is 10.2 Å². The number of piperazine rings is 1. The van der Waals surface area contributed by atoms with Crippen LogP contribution in [0, 0.1) is 0 Å². The first-order chi connectivity index (χ1) is 5.74. The molecule has 4 nitrogen and oxygen atoms in total. The van der Waals surface area contributed by atoms with Crippen LogP contribution in [-0.4, -0.2) is 36.3 Å². The average Bonchev–Trinajstić information content (AvgIpc) is 2.07. The second kappa shape index (κ2) is 3.90. The molecule has 0 aromatic heterocycles. The van der Waals surface area contributed by atoms with Gasteiger partial charge in [0.25, 0.3) is 0 Å². The molecule has 2 amide bonds. The van der Waals surface area contributed by atoms with E-state index in [4.69, 9.17) is 0 Å². The maximum absolute atomic E-state index is 11.1. The Morgan fingerprint density at radius 2 is 2.33 bits per heavy atom. The maximum atomic E-state index is 11.1. The van der Waals surface area contributed by atoms with E-state index in [1.807, 2.05) is 0 Å². The molecule has 1 aliphatic heterocycles. The van der Waals surface area contributed by atoms with Crippen LogP contribution in [0.1, 0.15) is 6.42 Å². The van der Waals surface area contributed by atoms with Crippen molar-refractivity contribution in [3.05, 3.63) is 12.7 Å². The van der Waals surface area contributed by atoms with Crippen LogP contribution < -0.4 is 5.32 Å². The van der Waals surface area contributed by atoms with Crippen LogP contribution >= 0.6 is 0 Å². The van der Waals surface area contributed by atoms with Crippen LogP contribution in [0.3, 0.4) is 0 Å². The molecule has 0 atom stereocenters. The van der Waals surface area contributed by atoms with Gasteiger partial charge in [-0.25, -0.2) is 0 Å². The SMILES string of the molecule is C=CCCN1CC(=O)NCC1=O. The molecule has 66 valence electrons. The number of carbonyl (C=O) groups excluding carboxylic acids is 2. The molecule has 0 bridgehead atoms. The van der Waals surface area contributed by atoms with Gasteiger partial charge in [0.2, 0.25) is 11.8 Å². The molecule has 0 aromatic carbocycles. The van der Waals surface area contributed by atoms with E-state index in [0.29, 0.717) is 6.54 Å². The van der Waals surface area contributed by atoms with Gasteiger partial charge in [-0.1, -0.05) is 6.08 Å². The van der Waals surface area contributed by atoms with Crippen molar-refractivity contribution in [3.63, 3.8) is 0 Å². The Morgan fingerprint density at radius 1 is 1.58 bits per heavy atom. The van der Waals surface area contributed by atoms with Crippen molar-refractivity contribution in [2.75, 3.05) is 19.6 Å². The lowest BCUT2D eigenvalue weighted by Crippen LogP contribution is -2.51. The van der Waals surface area contributed by atoms with E-state index in [-0.39, 0.29) is 24.9 Å². The Bertz CT molecular complexity index is 213. The lowest BCUT2D eigenvalue weighted by molar-refractivity contribution is -0.140. The van der Waals surface area contributed by atoms with Gasteiger partial charge in [0, 0.05) is 6.54 Å². The minimum Gasteiger partial charge on any atom is -0.345 e. The summed E-state index contributed by atoms with van der Waals surface area (Å²) in [5.41, 5.74) is 0. The number of carbonyl (C=O) groups is 2. The van der Waals surface area contributed by atoms with Crippen molar-refractivity contribution in [2.24, 2.45) is 0 Å². The van der Waals surface area contributed by atoms with E-state index in [9.17, 15) is 9.59 Å². The number of nitrogens with one attached hydrogen (secondary N) is 1. The zero-order valence-corrected chi connectivity index (χ0v) is 6.88. The van der Waals surface area contributed by atoms with Crippen LogP contribution in [0.2, 0.25) is 0 Å². The van der Waals surface area contributed by atoms with Gasteiger partial charge in [-0.05, 0) is 6.42 Å². The second-order valence-corrected chi connectivity index (χ2v) is 2.67. The topological polar surface area (TPSA) is 49.4 Å². The minimum absolute atomic E-state index is 0.0172. The zero-order chi connectivity index (χ0) is 8.97. The van der Waals surface area contributed by atoms with Gasteiger partial charge >= 0.3 is 0 Å². The van der Waals surface area contributed by atoms with Gasteiger partial charge in [0.05, 0.1) is 13.1 Å². The molecule has 1 fully saturated rings. The summed E-state index contributed by atoms with van der Waals surface area (Å²) >= 11 is 0. The molecule has 0 spiro atoms. The van der Waals surface area contributed by atoms with Gasteiger partial charge in [-0.2, -0.15) is 0 Å². The van der Waals surface area contributed by atoms with E-state index in [2.05, 4.69) is 11.9 Å². The van der Waals surface area contributed by atoms with Crippen LogP contribution in [0.25, 0.3) is 0 Å². The average molecular weight is 168 g/mol. The highest BCUT2D eigenvalue weighted by atomic mass is 16.2. The molecule has 0 radical (unpaired) electrons. The third-order valence-corrected chi connectivity index (χ3v) is 1.73. The van der Waals surface area contributed by atoms with E-state index in [0.717, 1.165) is 6.42 Å². The number of nitrogens with zero attached hydrogens (tertiary/aromatic N) is 1. The highest BCUT2D eigenvalue weighted by Crippen LogP contribution is 1.97. The van der Waals surface area contributed by atoms with Crippen LogP contribution in [0.5, 0.6) is 0 Å². The number of amides is 2. The summed E-state index contributed by atoms with van der Waals surface area (Å²) < 4.78 is 0. The first kappa shape index (κ1) is 8.77. The fourth-order valence-electron chi connectivity index (χ4n) is 1.05. The van der Waals surface area contributed by atoms with E-state index >= 15 is 0 Å². The zero-order valence-electron chi connectivity index (χ0n) is 6.88.